The van der Waals surface area contributed by atoms with Crippen molar-refractivity contribution in [2.45, 2.75) is 6.92 Å². The van der Waals surface area contributed by atoms with Crippen molar-refractivity contribution in [3.05, 3.63) is 21.4 Å². The molecule has 0 amide bonds. The van der Waals surface area contributed by atoms with E-state index in [1.165, 1.54) is 0 Å². The minimum absolute atomic E-state index is 0.762. The van der Waals surface area contributed by atoms with Gasteiger partial charge in [0.15, 0.2) is 0 Å². The van der Waals surface area contributed by atoms with Crippen molar-refractivity contribution in [1.29, 1.82) is 0 Å². The number of rotatable bonds is 2. The lowest BCUT2D eigenvalue weighted by Crippen LogP contribution is -1.95. The van der Waals surface area contributed by atoms with Gasteiger partial charge in [0.05, 0.1) is 0 Å². The van der Waals surface area contributed by atoms with E-state index in [-0.39, 0.29) is 0 Å². The lowest BCUT2D eigenvalue weighted by molar-refractivity contribution is 1.30. The Bertz CT molecular complexity index is 156. The van der Waals surface area contributed by atoms with Crippen molar-refractivity contribution in [3.63, 3.8) is 0 Å². The first-order valence-electron chi connectivity index (χ1n) is 2.40. The fourth-order valence-corrected chi connectivity index (χ4v) is 0.983. The number of thiocarbonyl (C=S) groups is 1. The van der Waals surface area contributed by atoms with Crippen LogP contribution in [0.3, 0.4) is 0 Å². The molecule has 0 saturated carbocycles. The second-order valence-corrected chi connectivity index (χ2v) is 2.50. The van der Waals surface area contributed by atoms with E-state index in [9.17, 15) is 0 Å². The average molecular weight is 253 g/mol. The lowest BCUT2D eigenvalue weighted by atomic mass is 10.2. The van der Waals surface area contributed by atoms with E-state index >= 15 is 0 Å². The first-order valence-corrected chi connectivity index (χ1v) is 4.12. The van der Waals surface area contributed by atoms with E-state index in [4.69, 9.17) is 18.0 Å². The third-order valence-electron chi connectivity index (χ3n) is 0.825. The predicted molar refractivity (Wildman–Crippen MR) is 53.7 cm³/mol. The third-order valence-corrected chi connectivity index (χ3v) is 1.44. The van der Waals surface area contributed by atoms with E-state index in [0.717, 1.165) is 11.3 Å². The van der Waals surface area contributed by atoms with E-state index in [1.807, 2.05) is 17.1 Å². The maximum atomic E-state index is 5.46. The van der Waals surface area contributed by atoms with E-state index < -0.39 is 0 Å². The number of allylic oxidation sites excluding steroid dienone is 3. The monoisotopic (exact) mass is 253 g/mol. The smallest absolute Gasteiger partial charge is 0.0131 e. The zero-order valence-corrected chi connectivity index (χ0v) is 8.07. The highest BCUT2D eigenvalue weighted by Crippen LogP contribution is 1.99. The Balaban J connectivity index is 4.34. The van der Waals surface area contributed by atoms with Crippen LogP contribution in [-0.4, -0.2) is 5.37 Å². The second-order valence-electron chi connectivity index (χ2n) is 1.55. The van der Waals surface area contributed by atoms with Crippen molar-refractivity contribution < 1.29 is 0 Å². The van der Waals surface area contributed by atoms with Crippen molar-refractivity contribution in [1.82, 2.24) is 0 Å². The lowest BCUT2D eigenvalue weighted by Gasteiger charge is -1.92. The Kier molecular flexibility index (Phi) is 4.99. The van der Waals surface area contributed by atoms with Crippen LogP contribution >= 0.6 is 34.8 Å². The summed E-state index contributed by atoms with van der Waals surface area (Å²) in [5.74, 6) is 0. The Morgan fingerprint density at radius 2 is 2.22 bits per heavy atom. The summed E-state index contributed by atoms with van der Waals surface area (Å²) in [7, 11) is 0. The predicted octanol–water partition coefficient (Wildman–Crippen LogP) is 2.17. The van der Waals surface area contributed by atoms with Crippen LogP contribution in [0, 0.1) is 0 Å². The maximum absolute atomic E-state index is 5.46. The quantitative estimate of drug-likeness (QED) is 0.353. The topological polar surface area (TPSA) is 26.0 Å². The van der Waals surface area contributed by atoms with Crippen molar-refractivity contribution >= 4 is 40.2 Å². The van der Waals surface area contributed by atoms with Gasteiger partial charge in [-0.25, -0.2) is 0 Å². The molecular formula is C6H8INS. The van der Waals surface area contributed by atoms with Crippen molar-refractivity contribution in [3.8, 4) is 0 Å². The fourth-order valence-electron chi connectivity index (χ4n) is 0.332. The van der Waals surface area contributed by atoms with Crippen LogP contribution in [0.4, 0.5) is 0 Å². The number of hydrogen-bond acceptors (Lipinski definition) is 2. The van der Waals surface area contributed by atoms with Gasteiger partial charge in [-0.2, -0.15) is 0 Å². The molecule has 3 heteroatoms. The molecule has 0 saturated heterocycles. The normalized spacial score (nSPS) is 13.6. The molecule has 0 atom stereocenters. The number of nitrogens with two attached hydrogens (primary N) is 1. The fraction of sp³-hybridized carbons (Fsp3) is 0.167. The van der Waals surface area contributed by atoms with E-state index in [0.29, 0.717) is 0 Å². The summed E-state index contributed by atoms with van der Waals surface area (Å²) >= 11 is 6.82. The molecule has 9 heavy (non-hydrogen) atoms. The highest BCUT2D eigenvalue weighted by atomic mass is 127. The molecule has 0 unspecified atom stereocenters. The van der Waals surface area contributed by atoms with Gasteiger partial charge in [0.2, 0.25) is 0 Å². The van der Waals surface area contributed by atoms with Crippen LogP contribution in [0.1, 0.15) is 6.92 Å². The van der Waals surface area contributed by atoms with Crippen molar-refractivity contribution in [2.75, 3.05) is 0 Å². The zero-order valence-electron chi connectivity index (χ0n) is 5.10. The summed E-state index contributed by atoms with van der Waals surface area (Å²) in [6, 6.07) is 0. The largest absolute Gasteiger partial charge is 0.402 e. The Morgan fingerprint density at radius 3 is 2.33 bits per heavy atom. The minimum atomic E-state index is 0.762. The standard InChI is InChI=1S/C6H8INS/c1-5(8)6(4-9)2-3-7/h2-4H,8H2,1H3/b3-2-,6-5?. The molecular weight excluding hydrogens is 245 g/mol. The minimum Gasteiger partial charge on any atom is -0.402 e. The molecule has 50 valence electrons. The SMILES string of the molecule is CC(N)=C(C=S)/C=C\I. The van der Waals surface area contributed by atoms with Gasteiger partial charge in [-0.15, -0.1) is 0 Å². The van der Waals surface area contributed by atoms with Crippen LogP contribution in [0.25, 0.3) is 0 Å². The molecule has 0 rings (SSSR count). The van der Waals surface area contributed by atoms with Crippen LogP contribution < -0.4 is 5.73 Å². The van der Waals surface area contributed by atoms with Gasteiger partial charge in [-0.05, 0) is 17.1 Å². The van der Waals surface area contributed by atoms with Crippen LogP contribution in [-0.2, 0) is 0 Å². The van der Waals surface area contributed by atoms with Crippen molar-refractivity contribution in [2.24, 2.45) is 5.73 Å². The van der Waals surface area contributed by atoms with E-state index in [1.54, 1.807) is 5.37 Å². The first kappa shape index (κ1) is 9.10. The Morgan fingerprint density at radius 1 is 1.67 bits per heavy atom. The second kappa shape index (κ2) is 4.93. The average Bonchev–Trinajstić information content (AvgIpc) is 1.82. The summed E-state index contributed by atoms with van der Waals surface area (Å²) in [5.41, 5.74) is 7.14. The molecule has 0 aromatic carbocycles. The van der Waals surface area contributed by atoms with Crippen LogP contribution in [0.5, 0.6) is 0 Å². The summed E-state index contributed by atoms with van der Waals surface area (Å²) in [6.07, 6.45) is 1.88. The molecule has 0 spiro atoms. The summed E-state index contributed by atoms with van der Waals surface area (Å²) in [5, 5.41) is 1.57. The number of halogens is 1. The molecule has 1 nitrogen and oxygen atoms in total. The van der Waals surface area contributed by atoms with Gasteiger partial charge >= 0.3 is 0 Å². The summed E-state index contributed by atoms with van der Waals surface area (Å²) < 4.78 is 1.88. The molecule has 0 fully saturated rings. The highest BCUT2D eigenvalue weighted by molar-refractivity contribution is 14.1. The molecule has 0 radical (unpaired) electrons. The van der Waals surface area contributed by atoms with Gasteiger partial charge in [0, 0.05) is 16.6 Å². The first-order chi connectivity index (χ1) is 4.22. The molecule has 0 aliphatic heterocycles. The van der Waals surface area contributed by atoms with Crippen LogP contribution in [0.15, 0.2) is 21.4 Å². The highest BCUT2D eigenvalue weighted by Gasteiger charge is 1.86. The Labute approximate surface area is 74.1 Å². The molecule has 0 aromatic rings. The maximum Gasteiger partial charge on any atom is 0.0131 e. The molecule has 0 aromatic heterocycles. The van der Waals surface area contributed by atoms with Gasteiger partial charge in [-0.3, -0.25) is 0 Å². The van der Waals surface area contributed by atoms with Gasteiger partial charge < -0.3 is 5.73 Å². The van der Waals surface area contributed by atoms with Gasteiger partial charge in [-0.1, -0.05) is 34.8 Å². The Hall–Kier alpha value is 0.1000. The molecule has 0 bridgehead atoms. The van der Waals surface area contributed by atoms with E-state index in [2.05, 4.69) is 22.6 Å². The molecule has 2 N–H and O–H groups in total. The zero-order chi connectivity index (χ0) is 7.28. The van der Waals surface area contributed by atoms with Gasteiger partial charge in [0.25, 0.3) is 0 Å². The number of hydrogen-bond donors (Lipinski definition) is 1. The third kappa shape index (κ3) is 3.64. The molecule has 0 heterocycles. The summed E-state index contributed by atoms with van der Waals surface area (Å²) in [6.45, 7) is 1.83. The van der Waals surface area contributed by atoms with Crippen LogP contribution in [0.2, 0.25) is 0 Å². The summed E-state index contributed by atoms with van der Waals surface area (Å²) in [4.78, 5) is 0. The molecule has 0 aliphatic rings. The molecule has 0 aliphatic carbocycles. The van der Waals surface area contributed by atoms with Gasteiger partial charge in [0.1, 0.15) is 0 Å².